The Morgan fingerprint density at radius 3 is 2.44 bits per heavy atom. The molecule has 2 heterocycles. The summed E-state index contributed by atoms with van der Waals surface area (Å²) in [6, 6.07) is 0. The van der Waals surface area contributed by atoms with Crippen molar-refractivity contribution in [2.75, 3.05) is 14.2 Å². The Kier molecular flexibility index (Phi) is 8.14. The standard InChI is InChI=1S/C17H25N5O2.HI/c1-10-7-19-14(11(2)16(10)23-6)8-20-17(18-5)21-9-15-22-12(3)13(4)24-15;/h7H,8-9H2,1-6H3,(H2,18,20,21);1H. The number of rotatable bonds is 5. The highest BCUT2D eigenvalue weighted by Crippen LogP contribution is 2.23. The highest BCUT2D eigenvalue weighted by atomic mass is 127. The topological polar surface area (TPSA) is 84.6 Å². The molecule has 0 spiro atoms. The fraction of sp³-hybridized carbons (Fsp3) is 0.471. The van der Waals surface area contributed by atoms with E-state index in [-0.39, 0.29) is 24.0 Å². The van der Waals surface area contributed by atoms with Gasteiger partial charge in [0.05, 0.1) is 31.6 Å². The van der Waals surface area contributed by atoms with Crippen LogP contribution in [0.3, 0.4) is 0 Å². The third kappa shape index (κ3) is 5.32. The number of oxazole rings is 1. The second kappa shape index (κ2) is 9.59. The quantitative estimate of drug-likeness (QED) is 0.407. The van der Waals surface area contributed by atoms with Crippen LogP contribution in [0.2, 0.25) is 0 Å². The Morgan fingerprint density at radius 1 is 1.20 bits per heavy atom. The van der Waals surface area contributed by atoms with Gasteiger partial charge in [-0.2, -0.15) is 0 Å². The van der Waals surface area contributed by atoms with Crippen LogP contribution in [0.4, 0.5) is 0 Å². The van der Waals surface area contributed by atoms with Crippen LogP contribution in [0, 0.1) is 27.7 Å². The van der Waals surface area contributed by atoms with E-state index in [4.69, 9.17) is 9.15 Å². The Hall–Kier alpha value is -1.84. The lowest BCUT2D eigenvalue weighted by molar-refractivity contribution is 0.406. The summed E-state index contributed by atoms with van der Waals surface area (Å²) in [5, 5.41) is 6.42. The van der Waals surface area contributed by atoms with E-state index >= 15 is 0 Å². The van der Waals surface area contributed by atoms with Gasteiger partial charge in [0.1, 0.15) is 11.5 Å². The molecule has 2 aromatic heterocycles. The molecule has 0 aromatic carbocycles. The van der Waals surface area contributed by atoms with Gasteiger partial charge in [-0.25, -0.2) is 4.98 Å². The van der Waals surface area contributed by atoms with Gasteiger partial charge in [-0.05, 0) is 27.7 Å². The minimum Gasteiger partial charge on any atom is -0.496 e. The van der Waals surface area contributed by atoms with Crippen LogP contribution >= 0.6 is 24.0 Å². The number of nitrogens with one attached hydrogen (secondary N) is 2. The van der Waals surface area contributed by atoms with Crippen molar-refractivity contribution in [3.8, 4) is 5.75 Å². The summed E-state index contributed by atoms with van der Waals surface area (Å²) in [6.07, 6.45) is 1.82. The zero-order chi connectivity index (χ0) is 17.7. The van der Waals surface area contributed by atoms with Crippen molar-refractivity contribution < 1.29 is 9.15 Å². The fourth-order valence-electron chi connectivity index (χ4n) is 2.41. The third-order valence-corrected chi connectivity index (χ3v) is 3.88. The molecule has 7 nitrogen and oxygen atoms in total. The van der Waals surface area contributed by atoms with Crippen molar-refractivity contribution >= 4 is 29.9 Å². The third-order valence-electron chi connectivity index (χ3n) is 3.88. The predicted molar refractivity (Wildman–Crippen MR) is 109 cm³/mol. The number of aliphatic imine (C=N–C) groups is 1. The summed E-state index contributed by atoms with van der Waals surface area (Å²) in [4.78, 5) is 13.0. The maximum atomic E-state index is 5.55. The number of hydrogen-bond acceptors (Lipinski definition) is 5. The van der Waals surface area contributed by atoms with E-state index in [0.717, 1.165) is 34.0 Å². The van der Waals surface area contributed by atoms with E-state index < -0.39 is 0 Å². The zero-order valence-corrected chi connectivity index (χ0v) is 17.9. The first-order valence-electron chi connectivity index (χ1n) is 7.82. The molecule has 138 valence electrons. The number of halogens is 1. The molecule has 2 N–H and O–H groups in total. The first-order chi connectivity index (χ1) is 11.5. The van der Waals surface area contributed by atoms with Crippen molar-refractivity contribution in [2.24, 2.45) is 4.99 Å². The summed E-state index contributed by atoms with van der Waals surface area (Å²) in [7, 11) is 3.39. The molecule has 0 saturated heterocycles. The molecule has 0 atom stereocenters. The molecule has 0 aliphatic heterocycles. The number of nitrogens with zero attached hydrogens (tertiary/aromatic N) is 3. The smallest absolute Gasteiger partial charge is 0.214 e. The lowest BCUT2D eigenvalue weighted by atomic mass is 10.1. The molecule has 0 amide bonds. The molecule has 0 aliphatic carbocycles. The van der Waals surface area contributed by atoms with Gasteiger partial charge in [0.2, 0.25) is 5.89 Å². The lowest BCUT2D eigenvalue weighted by Crippen LogP contribution is -2.36. The lowest BCUT2D eigenvalue weighted by Gasteiger charge is -2.14. The zero-order valence-electron chi connectivity index (χ0n) is 15.6. The van der Waals surface area contributed by atoms with Gasteiger partial charge < -0.3 is 19.8 Å². The maximum absolute atomic E-state index is 5.55. The Morgan fingerprint density at radius 2 is 1.88 bits per heavy atom. The second-order valence-corrected chi connectivity index (χ2v) is 5.57. The minimum atomic E-state index is 0. The predicted octanol–water partition coefficient (Wildman–Crippen LogP) is 2.80. The fourth-order valence-corrected chi connectivity index (χ4v) is 2.41. The highest BCUT2D eigenvalue weighted by Gasteiger charge is 2.10. The molecule has 0 aliphatic rings. The molecule has 0 bridgehead atoms. The monoisotopic (exact) mass is 459 g/mol. The summed E-state index contributed by atoms with van der Waals surface area (Å²) < 4.78 is 11.0. The normalized spacial score (nSPS) is 11.0. The molecule has 8 heteroatoms. The van der Waals surface area contributed by atoms with Gasteiger partial charge in [0.25, 0.3) is 0 Å². The Labute approximate surface area is 165 Å². The van der Waals surface area contributed by atoms with Crippen LogP contribution in [-0.4, -0.2) is 30.1 Å². The number of guanidine groups is 1. The van der Waals surface area contributed by atoms with Crippen LogP contribution in [0.15, 0.2) is 15.6 Å². The van der Waals surface area contributed by atoms with E-state index in [1.165, 1.54) is 0 Å². The molecule has 0 fully saturated rings. The van der Waals surface area contributed by atoms with Gasteiger partial charge in [0.15, 0.2) is 5.96 Å². The van der Waals surface area contributed by atoms with Gasteiger partial charge in [-0.1, -0.05) is 0 Å². The van der Waals surface area contributed by atoms with E-state index in [1.54, 1.807) is 14.2 Å². The Bertz CT molecular complexity index is 723. The molecule has 2 aromatic rings. The summed E-state index contributed by atoms with van der Waals surface area (Å²) in [6.45, 7) is 8.83. The second-order valence-electron chi connectivity index (χ2n) is 5.57. The summed E-state index contributed by atoms with van der Waals surface area (Å²) in [5.74, 6) is 3.00. The van der Waals surface area contributed by atoms with Crippen molar-refractivity contribution in [1.29, 1.82) is 0 Å². The van der Waals surface area contributed by atoms with Gasteiger partial charge in [0, 0.05) is 24.4 Å². The average Bonchev–Trinajstić information content (AvgIpc) is 2.88. The number of hydrogen-bond donors (Lipinski definition) is 2. The number of aromatic nitrogens is 2. The van der Waals surface area contributed by atoms with E-state index in [1.807, 2.05) is 33.9 Å². The number of ether oxygens (including phenoxy) is 1. The molecule has 0 radical (unpaired) electrons. The average molecular weight is 459 g/mol. The van der Waals surface area contributed by atoms with Crippen LogP contribution in [0.25, 0.3) is 0 Å². The SMILES string of the molecule is CN=C(NCc1nc(C)c(C)o1)NCc1ncc(C)c(OC)c1C.I. The van der Waals surface area contributed by atoms with Gasteiger partial charge >= 0.3 is 0 Å². The maximum Gasteiger partial charge on any atom is 0.214 e. The van der Waals surface area contributed by atoms with E-state index in [2.05, 4.69) is 25.6 Å². The summed E-state index contributed by atoms with van der Waals surface area (Å²) in [5.41, 5.74) is 3.87. The van der Waals surface area contributed by atoms with Crippen LogP contribution in [-0.2, 0) is 13.1 Å². The van der Waals surface area contributed by atoms with Crippen molar-refractivity contribution in [3.05, 3.63) is 40.4 Å². The molecular weight excluding hydrogens is 433 g/mol. The Balaban J connectivity index is 0.00000312. The number of methoxy groups -OCH3 is 1. The molecule has 0 saturated carbocycles. The van der Waals surface area contributed by atoms with Crippen molar-refractivity contribution in [2.45, 2.75) is 40.8 Å². The van der Waals surface area contributed by atoms with E-state index in [9.17, 15) is 0 Å². The molecule has 0 unspecified atom stereocenters. The number of aryl methyl sites for hydroxylation is 3. The molecule has 25 heavy (non-hydrogen) atoms. The first kappa shape index (κ1) is 21.2. The highest BCUT2D eigenvalue weighted by molar-refractivity contribution is 14.0. The first-order valence-corrected chi connectivity index (χ1v) is 7.82. The van der Waals surface area contributed by atoms with Gasteiger partial charge in [-0.3, -0.25) is 9.98 Å². The van der Waals surface area contributed by atoms with Crippen LogP contribution < -0.4 is 15.4 Å². The van der Waals surface area contributed by atoms with Crippen molar-refractivity contribution in [3.63, 3.8) is 0 Å². The molecular formula is C17H26IN5O2. The van der Waals surface area contributed by atoms with Crippen LogP contribution in [0.1, 0.15) is 34.2 Å². The van der Waals surface area contributed by atoms with Crippen LogP contribution in [0.5, 0.6) is 5.75 Å². The number of pyridine rings is 1. The largest absolute Gasteiger partial charge is 0.496 e. The summed E-state index contributed by atoms with van der Waals surface area (Å²) >= 11 is 0. The van der Waals surface area contributed by atoms with E-state index in [0.29, 0.717) is 24.9 Å². The molecule has 2 rings (SSSR count). The minimum absolute atomic E-state index is 0. The van der Waals surface area contributed by atoms with Crippen molar-refractivity contribution in [1.82, 2.24) is 20.6 Å². The van der Waals surface area contributed by atoms with Gasteiger partial charge in [-0.15, -0.1) is 24.0 Å².